The van der Waals surface area contributed by atoms with Crippen LogP contribution in [0.1, 0.15) is 13.3 Å². The molecule has 1 aliphatic heterocycles. The van der Waals surface area contributed by atoms with Crippen molar-refractivity contribution in [3.8, 4) is 0 Å². The molecule has 1 heterocycles. The molecule has 0 aromatic heterocycles. The third kappa shape index (κ3) is 3.37. The van der Waals surface area contributed by atoms with Crippen molar-refractivity contribution in [2.45, 2.75) is 19.4 Å². The molecule has 1 saturated heterocycles. The lowest BCUT2D eigenvalue weighted by Crippen LogP contribution is -2.45. The first-order valence-corrected chi connectivity index (χ1v) is 7.24. The molecule has 108 valence electrons. The summed E-state index contributed by atoms with van der Waals surface area (Å²) in [6.45, 7) is 2.57. The number of amides is 1. The lowest BCUT2D eigenvalue weighted by Gasteiger charge is -2.26. The molecule has 2 rings (SSSR count). The second-order valence-electron chi connectivity index (χ2n) is 4.35. The van der Waals surface area contributed by atoms with E-state index in [0.29, 0.717) is 25.3 Å². The Morgan fingerprint density at radius 2 is 2.35 bits per heavy atom. The van der Waals surface area contributed by atoms with Gasteiger partial charge in [-0.05, 0) is 25.1 Å². The summed E-state index contributed by atoms with van der Waals surface area (Å²) >= 11 is 3.37. The van der Waals surface area contributed by atoms with Crippen molar-refractivity contribution >= 4 is 33.5 Å². The maximum absolute atomic E-state index is 12.3. The van der Waals surface area contributed by atoms with Gasteiger partial charge in [0, 0.05) is 23.2 Å². The summed E-state index contributed by atoms with van der Waals surface area (Å²) < 4.78 is 11.0. The molecule has 1 amide bonds. The number of rotatable bonds is 5. The Morgan fingerprint density at radius 3 is 2.95 bits per heavy atom. The first-order chi connectivity index (χ1) is 9.63. The molecule has 5 nitrogen and oxygen atoms in total. The molecular weight excluding hydrogens is 326 g/mol. The van der Waals surface area contributed by atoms with E-state index in [1.165, 1.54) is 4.90 Å². The van der Waals surface area contributed by atoms with Crippen LogP contribution < -0.4 is 4.90 Å². The lowest BCUT2D eigenvalue weighted by atomic mass is 10.1. The minimum Gasteiger partial charge on any atom is -0.464 e. The molecule has 1 aromatic rings. The second kappa shape index (κ2) is 6.85. The molecule has 0 N–H and O–H groups in total. The van der Waals surface area contributed by atoms with Gasteiger partial charge in [-0.15, -0.1) is 0 Å². The lowest BCUT2D eigenvalue weighted by molar-refractivity contribution is -0.140. The van der Waals surface area contributed by atoms with Crippen molar-refractivity contribution in [2.24, 2.45) is 0 Å². The fourth-order valence-corrected chi connectivity index (χ4v) is 2.49. The van der Waals surface area contributed by atoms with Crippen LogP contribution in [0.25, 0.3) is 0 Å². The Hall–Kier alpha value is -1.40. The van der Waals surface area contributed by atoms with Crippen molar-refractivity contribution in [1.82, 2.24) is 0 Å². The highest BCUT2D eigenvalue weighted by atomic mass is 79.9. The SMILES string of the molecule is CCOCC(=O)N(c1cccc(Br)c1)C1CCOC1=O. The number of carbonyl (C=O) groups is 2. The van der Waals surface area contributed by atoms with Gasteiger partial charge in [-0.3, -0.25) is 9.69 Å². The zero-order valence-electron chi connectivity index (χ0n) is 11.2. The fourth-order valence-electron chi connectivity index (χ4n) is 2.10. The molecule has 0 bridgehead atoms. The molecule has 0 spiro atoms. The van der Waals surface area contributed by atoms with Crippen LogP contribution in [0.15, 0.2) is 28.7 Å². The van der Waals surface area contributed by atoms with E-state index in [1.807, 2.05) is 19.1 Å². The van der Waals surface area contributed by atoms with Crippen LogP contribution >= 0.6 is 15.9 Å². The highest BCUT2D eigenvalue weighted by Crippen LogP contribution is 2.25. The quantitative estimate of drug-likeness (QED) is 0.770. The van der Waals surface area contributed by atoms with Crippen LogP contribution in [0.2, 0.25) is 0 Å². The van der Waals surface area contributed by atoms with E-state index in [0.717, 1.165) is 4.47 Å². The van der Waals surface area contributed by atoms with E-state index in [-0.39, 0.29) is 18.5 Å². The van der Waals surface area contributed by atoms with Crippen LogP contribution in [0.4, 0.5) is 5.69 Å². The summed E-state index contributed by atoms with van der Waals surface area (Å²) in [6.07, 6.45) is 0.503. The van der Waals surface area contributed by atoms with Gasteiger partial charge in [0.05, 0.1) is 6.61 Å². The topological polar surface area (TPSA) is 55.8 Å². The van der Waals surface area contributed by atoms with Gasteiger partial charge in [0.2, 0.25) is 0 Å². The number of hydrogen-bond acceptors (Lipinski definition) is 4. The number of esters is 1. The minimum absolute atomic E-state index is 0.0488. The summed E-state index contributed by atoms with van der Waals surface area (Å²) in [4.78, 5) is 25.6. The largest absolute Gasteiger partial charge is 0.464 e. The number of carbonyl (C=O) groups excluding carboxylic acids is 2. The zero-order chi connectivity index (χ0) is 14.5. The van der Waals surface area contributed by atoms with Crippen LogP contribution in [0.5, 0.6) is 0 Å². The van der Waals surface area contributed by atoms with E-state index < -0.39 is 6.04 Å². The van der Waals surface area contributed by atoms with Gasteiger partial charge >= 0.3 is 5.97 Å². The Balaban J connectivity index is 2.28. The molecule has 1 aromatic carbocycles. The number of nitrogens with zero attached hydrogens (tertiary/aromatic N) is 1. The molecular formula is C14H16BrNO4. The van der Waals surface area contributed by atoms with Gasteiger partial charge in [0.25, 0.3) is 5.91 Å². The van der Waals surface area contributed by atoms with Crippen molar-refractivity contribution < 1.29 is 19.1 Å². The Kier molecular flexibility index (Phi) is 5.14. The molecule has 20 heavy (non-hydrogen) atoms. The number of hydrogen-bond donors (Lipinski definition) is 0. The van der Waals surface area contributed by atoms with Crippen molar-refractivity contribution in [2.75, 3.05) is 24.7 Å². The fraction of sp³-hybridized carbons (Fsp3) is 0.429. The summed E-state index contributed by atoms with van der Waals surface area (Å²) in [5, 5.41) is 0. The van der Waals surface area contributed by atoms with Crippen molar-refractivity contribution in [3.05, 3.63) is 28.7 Å². The minimum atomic E-state index is -0.572. The highest BCUT2D eigenvalue weighted by Gasteiger charge is 2.36. The number of cyclic esters (lactones) is 1. The maximum atomic E-state index is 12.3. The van der Waals surface area contributed by atoms with Gasteiger partial charge in [0.15, 0.2) is 0 Å². The van der Waals surface area contributed by atoms with Gasteiger partial charge in [-0.25, -0.2) is 4.79 Å². The van der Waals surface area contributed by atoms with E-state index in [9.17, 15) is 9.59 Å². The molecule has 1 unspecified atom stereocenters. The molecule has 1 aliphatic rings. The number of ether oxygens (including phenoxy) is 2. The third-order valence-corrected chi connectivity index (χ3v) is 3.50. The first-order valence-electron chi connectivity index (χ1n) is 6.45. The van der Waals surface area contributed by atoms with E-state index in [1.54, 1.807) is 12.1 Å². The second-order valence-corrected chi connectivity index (χ2v) is 5.27. The van der Waals surface area contributed by atoms with E-state index in [4.69, 9.17) is 9.47 Å². The molecule has 1 atom stereocenters. The van der Waals surface area contributed by atoms with Crippen molar-refractivity contribution in [3.63, 3.8) is 0 Å². The molecule has 1 fully saturated rings. The molecule has 6 heteroatoms. The average molecular weight is 342 g/mol. The number of benzene rings is 1. The van der Waals surface area contributed by atoms with Crippen LogP contribution in [-0.2, 0) is 19.1 Å². The van der Waals surface area contributed by atoms with Crippen LogP contribution in [-0.4, -0.2) is 37.7 Å². The Bertz CT molecular complexity index is 506. The molecule has 0 saturated carbocycles. The van der Waals surface area contributed by atoms with E-state index >= 15 is 0 Å². The van der Waals surface area contributed by atoms with Gasteiger partial charge in [-0.1, -0.05) is 22.0 Å². The predicted octanol–water partition coefficient (Wildman–Crippen LogP) is 2.13. The first kappa shape index (κ1) is 15.0. The Morgan fingerprint density at radius 1 is 1.55 bits per heavy atom. The summed E-state index contributed by atoms with van der Waals surface area (Å²) in [6, 6.07) is 6.70. The maximum Gasteiger partial charge on any atom is 0.329 e. The number of halogens is 1. The third-order valence-electron chi connectivity index (χ3n) is 3.00. The smallest absolute Gasteiger partial charge is 0.329 e. The van der Waals surface area contributed by atoms with E-state index in [2.05, 4.69) is 15.9 Å². The average Bonchev–Trinajstić information content (AvgIpc) is 2.83. The van der Waals surface area contributed by atoms with Gasteiger partial charge < -0.3 is 9.47 Å². The van der Waals surface area contributed by atoms with Crippen LogP contribution in [0, 0.1) is 0 Å². The Labute approximate surface area is 126 Å². The molecule has 0 radical (unpaired) electrons. The molecule has 0 aliphatic carbocycles. The van der Waals surface area contributed by atoms with Crippen LogP contribution in [0.3, 0.4) is 0 Å². The number of anilines is 1. The summed E-state index contributed by atoms with van der Waals surface area (Å²) in [7, 11) is 0. The predicted molar refractivity (Wildman–Crippen MR) is 77.5 cm³/mol. The monoisotopic (exact) mass is 341 g/mol. The van der Waals surface area contributed by atoms with Gasteiger partial charge in [0.1, 0.15) is 12.6 Å². The van der Waals surface area contributed by atoms with Crippen molar-refractivity contribution in [1.29, 1.82) is 0 Å². The normalized spacial score (nSPS) is 17.9. The standard InChI is InChI=1S/C14H16BrNO4/c1-2-19-9-13(17)16(12-6-7-20-14(12)18)11-5-3-4-10(15)8-11/h3-5,8,12H,2,6-7,9H2,1H3. The summed E-state index contributed by atoms with van der Waals surface area (Å²) in [5.41, 5.74) is 0.660. The summed E-state index contributed by atoms with van der Waals surface area (Å²) in [5.74, 6) is -0.608. The highest BCUT2D eigenvalue weighted by molar-refractivity contribution is 9.10. The zero-order valence-corrected chi connectivity index (χ0v) is 12.8. The van der Waals surface area contributed by atoms with Gasteiger partial charge in [-0.2, -0.15) is 0 Å².